The van der Waals surface area contributed by atoms with Crippen LogP contribution in [0.3, 0.4) is 0 Å². The SMILES string of the molecule is CC.COc1cccc(NC(=O)C(C)n2nc(-c3cccc(OC)c3)ccc2=O)c1. The summed E-state index contributed by atoms with van der Waals surface area (Å²) in [6.45, 7) is 5.62. The van der Waals surface area contributed by atoms with Gasteiger partial charge in [-0.1, -0.05) is 32.0 Å². The number of anilines is 1. The molecule has 2 aromatic carbocycles. The van der Waals surface area contributed by atoms with Crippen molar-refractivity contribution in [1.29, 1.82) is 0 Å². The lowest BCUT2D eigenvalue weighted by atomic mass is 10.1. The minimum absolute atomic E-state index is 0.356. The van der Waals surface area contributed by atoms with Gasteiger partial charge in [-0.15, -0.1) is 0 Å². The second-order valence-electron chi connectivity index (χ2n) is 6.13. The standard InChI is InChI=1S/C21H21N3O4.C2H6/c1-14(21(26)22-16-7-5-9-18(13-16)28-3)24-20(25)11-10-19(23-24)15-6-4-8-17(12-15)27-2;1-2/h4-14H,1-3H3,(H,22,26);1-2H3. The number of nitrogens with one attached hydrogen (secondary N) is 1. The monoisotopic (exact) mass is 409 g/mol. The molecule has 7 nitrogen and oxygen atoms in total. The summed E-state index contributed by atoms with van der Waals surface area (Å²) in [5.41, 5.74) is 1.57. The number of methoxy groups -OCH3 is 2. The molecule has 30 heavy (non-hydrogen) atoms. The van der Waals surface area contributed by atoms with Gasteiger partial charge < -0.3 is 14.8 Å². The van der Waals surface area contributed by atoms with Crippen molar-refractivity contribution in [3.63, 3.8) is 0 Å². The van der Waals surface area contributed by atoms with Crippen LogP contribution >= 0.6 is 0 Å². The molecule has 0 saturated heterocycles. The normalized spacial score (nSPS) is 11.0. The van der Waals surface area contributed by atoms with E-state index < -0.39 is 6.04 Å². The summed E-state index contributed by atoms with van der Waals surface area (Å²) in [6.07, 6.45) is 0. The van der Waals surface area contributed by atoms with Crippen molar-refractivity contribution in [2.45, 2.75) is 26.8 Å². The molecule has 1 unspecified atom stereocenters. The summed E-state index contributed by atoms with van der Waals surface area (Å²) in [6, 6.07) is 16.6. The first kappa shape index (κ1) is 22.7. The van der Waals surface area contributed by atoms with Crippen LogP contribution < -0.4 is 20.3 Å². The Kier molecular flexibility index (Phi) is 8.17. The summed E-state index contributed by atoms with van der Waals surface area (Å²) in [5, 5.41) is 7.16. The molecule has 7 heteroatoms. The predicted octanol–water partition coefficient (Wildman–Crippen LogP) is 4.15. The number of amides is 1. The number of ether oxygens (including phenoxy) is 2. The maximum absolute atomic E-state index is 12.6. The Bertz CT molecular complexity index is 1050. The van der Waals surface area contributed by atoms with Gasteiger partial charge in [-0.25, -0.2) is 4.68 Å². The van der Waals surface area contributed by atoms with Crippen LogP contribution in [0.2, 0.25) is 0 Å². The highest BCUT2D eigenvalue weighted by molar-refractivity contribution is 5.93. The average molecular weight is 409 g/mol. The fourth-order valence-corrected chi connectivity index (χ4v) is 2.70. The van der Waals surface area contributed by atoms with Crippen molar-refractivity contribution >= 4 is 11.6 Å². The molecule has 1 heterocycles. The largest absolute Gasteiger partial charge is 0.497 e. The van der Waals surface area contributed by atoms with E-state index in [2.05, 4.69) is 10.4 Å². The lowest BCUT2D eigenvalue weighted by molar-refractivity contribution is -0.119. The summed E-state index contributed by atoms with van der Waals surface area (Å²) in [7, 11) is 3.13. The molecule has 1 atom stereocenters. The fourth-order valence-electron chi connectivity index (χ4n) is 2.70. The van der Waals surface area contributed by atoms with Crippen LogP contribution in [0.15, 0.2) is 65.5 Å². The Balaban J connectivity index is 0.00000155. The van der Waals surface area contributed by atoms with Crippen molar-refractivity contribution < 1.29 is 14.3 Å². The molecule has 0 fully saturated rings. The lowest BCUT2D eigenvalue weighted by Gasteiger charge is -2.15. The summed E-state index contributed by atoms with van der Waals surface area (Å²) in [4.78, 5) is 24.9. The molecule has 0 saturated carbocycles. The molecule has 0 bridgehead atoms. The van der Waals surface area contributed by atoms with E-state index in [4.69, 9.17) is 9.47 Å². The van der Waals surface area contributed by atoms with Crippen LogP contribution in [-0.2, 0) is 4.79 Å². The number of hydrogen-bond donors (Lipinski definition) is 1. The highest BCUT2D eigenvalue weighted by Gasteiger charge is 2.18. The summed E-state index contributed by atoms with van der Waals surface area (Å²) >= 11 is 0. The highest BCUT2D eigenvalue weighted by atomic mass is 16.5. The Labute approximate surface area is 176 Å². The van der Waals surface area contributed by atoms with Crippen LogP contribution in [-0.4, -0.2) is 29.9 Å². The third kappa shape index (κ3) is 5.47. The maximum atomic E-state index is 12.6. The van der Waals surface area contributed by atoms with Gasteiger partial charge in [0.05, 0.1) is 19.9 Å². The zero-order chi connectivity index (χ0) is 22.1. The number of hydrogen-bond acceptors (Lipinski definition) is 5. The zero-order valence-corrected chi connectivity index (χ0v) is 17.9. The number of carbonyl (C=O) groups is 1. The maximum Gasteiger partial charge on any atom is 0.267 e. The highest BCUT2D eigenvalue weighted by Crippen LogP contribution is 2.22. The van der Waals surface area contributed by atoms with Gasteiger partial charge in [-0.05, 0) is 37.3 Å². The van der Waals surface area contributed by atoms with Gasteiger partial charge in [0.25, 0.3) is 5.56 Å². The Morgan fingerprint density at radius 3 is 2.27 bits per heavy atom. The van der Waals surface area contributed by atoms with Gasteiger partial charge in [-0.3, -0.25) is 9.59 Å². The minimum Gasteiger partial charge on any atom is -0.497 e. The predicted molar refractivity (Wildman–Crippen MR) is 118 cm³/mol. The smallest absolute Gasteiger partial charge is 0.267 e. The average Bonchev–Trinajstić information content (AvgIpc) is 2.80. The van der Waals surface area contributed by atoms with Gasteiger partial charge in [0.1, 0.15) is 17.5 Å². The van der Waals surface area contributed by atoms with Crippen LogP contribution in [0.25, 0.3) is 11.3 Å². The second kappa shape index (κ2) is 10.8. The van der Waals surface area contributed by atoms with Crippen LogP contribution in [0.5, 0.6) is 11.5 Å². The van der Waals surface area contributed by atoms with E-state index in [-0.39, 0.29) is 11.5 Å². The van der Waals surface area contributed by atoms with Crippen molar-refractivity contribution in [3.8, 4) is 22.8 Å². The molecule has 1 aromatic heterocycles. The number of nitrogens with zero attached hydrogens (tertiary/aromatic N) is 2. The Morgan fingerprint density at radius 1 is 0.967 bits per heavy atom. The number of rotatable bonds is 6. The van der Waals surface area contributed by atoms with Crippen molar-refractivity contribution in [2.75, 3.05) is 19.5 Å². The Hall–Kier alpha value is -3.61. The molecule has 1 amide bonds. The molecule has 0 aliphatic carbocycles. The third-order valence-corrected chi connectivity index (χ3v) is 4.27. The molecular formula is C23H27N3O4. The Morgan fingerprint density at radius 2 is 1.60 bits per heavy atom. The number of aromatic nitrogens is 2. The topological polar surface area (TPSA) is 82.4 Å². The minimum atomic E-state index is -0.802. The van der Waals surface area contributed by atoms with E-state index >= 15 is 0 Å². The van der Waals surface area contributed by atoms with E-state index in [0.29, 0.717) is 22.9 Å². The molecule has 3 rings (SSSR count). The first-order valence-electron chi connectivity index (χ1n) is 9.71. The van der Waals surface area contributed by atoms with Crippen molar-refractivity contribution in [1.82, 2.24) is 9.78 Å². The second-order valence-corrected chi connectivity index (χ2v) is 6.13. The molecular weight excluding hydrogens is 382 g/mol. The molecule has 0 spiro atoms. The van der Waals surface area contributed by atoms with E-state index in [1.54, 1.807) is 51.5 Å². The quantitative estimate of drug-likeness (QED) is 0.661. The summed E-state index contributed by atoms with van der Waals surface area (Å²) < 4.78 is 11.6. The van der Waals surface area contributed by atoms with Crippen molar-refractivity contribution in [3.05, 3.63) is 71.0 Å². The molecule has 1 N–H and O–H groups in total. The van der Waals surface area contributed by atoms with Crippen LogP contribution in [0.1, 0.15) is 26.8 Å². The molecule has 0 radical (unpaired) electrons. The zero-order valence-electron chi connectivity index (χ0n) is 17.9. The fraction of sp³-hybridized carbons (Fsp3) is 0.261. The van der Waals surface area contributed by atoms with Crippen LogP contribution in [0.4, 0.5) is 5.69 Å². The van der Waals surface area contributed by atoms with E-state index in [1.807, 2.05) is 38.1 Å². The third-order valence-electron chi connectivity index (χ3n) is 4.27. The van der Waals surface area contributed by atoms with Crippen molar-refractivity contribution in [2.24, 2.45) is 0 Å². The van der Waals surface area contributed by atoms with E-state index in [1.165, 1.54) is 10.7 Å². The van der Waals surface area contributed by atoms with Gasteiger partial charge in [0.15, 0.2) is 0 Å². The van der Waals surface area contributed by atoms with Crippen LogP contribution in [0, 0.1) is 0 Å². The summed E-state index contributed by atoms with van der Waals surface area (Å²) in [5.74, 6) is 0.951. The van der Waals surface area contributed by atoms with Gasteiger partial charge >= 0.3 is 0 Å². The van der Waals surface area contributed by atoms with Gasteiger partial charge in [0, 0.05) is 23.4 Å². The van der Waals surface area contributed by atoms with E-state index in [0.717, 1.165) is 5.56 Å². The van der Waals surface area contributed by atoms with Gasteiger partial charge in [0.2, 0.25) is 5.91 Å². The van der Waals surface area contributed by atoms with Gasteiger partial charge in [-0.2, -0.15) is 5.10 Å². The molecule has 3 aromatic rings. The first-order valence-corrected chi connectivity index (χ1v) is 9.71. The van der Waals surface area contributed by atoms with E-state index in [9.17, 15) is 9.59 Å². The number of benzene rings is 2. The molecule has 0 aliphatic heterocycles. The number of carbonyl (C=O) groups excluding carboxylic acids is 1. The first-order chi connectivity index (χ1) is 14.5. The molecule has 158 valence electrons. The lowest BCUT2D eigenvalue weighted by Crippen LogP contribution is -2.33. The molecule has 0 aliphatic rings.